The SMILES string of the molecule is CN(Cc1c(F)cccc1Cl)C(=O)c1ccc(Br)o1. The van der Waals surface area contributed by atoms with Crippen LogP contribution in [-0.4, -0.2) is 17.9 Å². The molecular weight excluding hydrogens is 337 g/mol. The Balaban J connectivity index is 2.17. The standard InChI is InChI=1S/C13H10BrClFNO2/c1-17(13(18)11-5-6-12(14)19-11)7-8-9(15)3-2-4-10(8)16/h2-6H,7H2,1H3. The van der Waals surface area contributed by atoms with Crippen molar-refractivity contribution in [2.24, 2.45) is 0 Å². The number of hydrogen-bond donors (Lipinski definition) is 0. The third kappa shape index (κ3) is 3.16. The van der Waals surface area contributed by atoms with Crippen molar-refractivity contribution >= 4 is 33.4 Å². The summed E-state index contributed by atoms with van der Waals surface area (Å²) < 4.78 is 19.3. The number of nitrogens with zero attached hydrogens (tertiary/aromatic N) is 1. The summed E-state index contributed by atoms with van der Waals surface area (Å²) in [6.45, 7) is 0.0721. The third-order valence-corrected chi connectivity index (χ3v) is 3.37. The fourth-order valence-electron chi connectivity index (χ4n) is 1.61. The van der Waals surface area contributed by atoms with Crippen molar-refractivity contribution in [3.63, 3.8) is 0 Å². The molecule has 0 saturated heterocycles. The molecule has 0 aliphatic carbocycles. The van der Waals surface area contributed by atoms with E-state index in [0.29, 0.717) is 9.69 Å². The normalized spacial score (nSPS) is 10.5. The van der Waals surface area contributed by atoms with Crippen LogP contribution in [0.15, 0.2) is 39.4 Å². The van der Waals surface area contributed by atoms with Crippen molar-refractivity contribution in [3.8, 4) is 0 Å². The number of benzene rings is 1. The van der Waals surface area contributed by atoms with E-state index in [1.807, 2.05) is 0 Å². The molecule has 19 heavy (non-hydrogen) atoms. The van der Waals surface area contributed by atoms with Crippen LogP contribution >= 0.6 is 27.5 Å². The number of halogens is 3. The van der Waals surface area contributed by atoms with Crippen molar-refractivity contribution in [2.75, 3.05) is 7.05 Å². The molecular formula is C13H10BrClFNO2. The molecule has 0 radical (unpaired) electrons. The average molecular weight is 347 g/mol. The van der Waals surface area contributed by atoms with Crippen molar-refractivity contribution < 1.29 is 13.6 Å². The Morgan fingerprint density at radius 2 is 2.16 bits per heavy atom. The molecule has 0 aliphatic rings. The topological polar surface area (TPSA) is 33.5 Å². The smallest absolute Gasteiger partial charge is 0.289 e. The van der Waals surface area contributed by atoms with Crippen molar-refractivity contribution in [3.05, 3.63) is 57.2 Å². The molecule has 0 unspecified atom stereocenters. The maximum absolute atomic E-state index is 13.6. The van der Waals surface area contributed by atoms with Gasteiger partial charge < -0.3 is 9.32 Å². The van der Waals surface area contributed by atoms with Gasteiger partial charge in [-0.05, 0) is 40.2 Å². The number of amides is 1. The van der Waals surface area contributed by atoms with Crippen LogP contribution in [0.3, 0.4) is 0 Å². The van der Waals surface area contributed by atoms with E-state index in [9.17, 15) is 9.18 Å². The van der Waals surface area contributed by atoms with Crippen LogP contribution in [-0.2, 0) is 6.54 Å². The Hall–Kier alpha value is -1.33. The molecule has 100 valence electrons. The van der Waals surface area contributed by atoms with Crippen LogP contribution in [0.1, 0.15) is 16.1 Å². The van der Waals surface area contributed by atoms with Gasteiger partial charge in [-0.15, -0.1) is 0 Å². The Labute approximate surface area is 123 Å². The van der Waals surface area contributed by atoms with Crippen LogP contribution in [0.5, 0.6) is 0 Å². The maximum Gasteiger partial charge on any atom is 0.289 e. The minimum atomic E-state index is -0.437. The highest BCUT2D eigenvalue weighted by atomic mass is 79.9. The lowest BCUT2D eigenvalue weighted by Gasteiger charge is -2.17. The molecule has 0 spiro atoms. The molecule has 0 fully saturated rings. The van der Waals surface area contributed by atoms with Gasteiger partial charge in [-0.1, -0.05) is 17.7 Å². The minimum absolute atomic E-state index is 0.0721. The summed E-state index contributed by atoms with van der Waals surface area (Å²) in [6, 6.07) is 7.58. The number of carbonyl (C=O) groups excluding carboxylic acids is 1. The van der Waals surface area contributed by atoms with Gasteiger partial charge in [-0.3, -0.25) is 4.79 Å². The molecule has 1 aromatic heterocycles. The zero-order chi connectivity index (χ0) is 14.0. The first kappa shape index (κ1) is 14.1. The summed E-state index contributed by atoms with van der Waals surface area (Å²) in [4.78, 5) is 13.4. The summed E-state index contributed by atoms with van der Waals surface area (Å²) in [6.07, 6.45) is 0. The molecule has 0 saturated carbocycles. The van der Waals surface area contributed by atoms with Gasteiger partial charge in [0, 0.05) is 17.6 Å². The van der Waals surface area contributed by atoms with Crippen LogP contribution in [0, 0.1) is 5.82 Å². The van der Waals surface area contributed by atoms with Gasteiger partial charge >= 0.3 is 0 Å². The fourth-order valence-corrected chi connectivity index (χ4v) is 2.14. The van der Waals surface area contributed by atoms with Gasteiger partial charge in [0.2, 0.25) is 0 Å². The van der Waals surface area contributed by atoms with E-state index in [-0.39, 0.29) is 23.8 Å². The lowest BCUT2D eigenvalue weighted by molar-refractivity contribution is 0.0751. The summed E-state index contributed by atoms with van der Waals surface area (Å²) in [7, 11) is 1.56. The van der Waals surface area contributed by atoms with E-state index in [4.69, 9.17) is 16.0 Å². The fraction of sp³-hybridized carbons (Fsp3) is 0.154. The molecule has 0 aliphatic heterocycles. The third-order valence-electron chi connectivity index (χ3n) is 2.59. The quantitative estimate of drug-likeness (QED) is 0.838. The number of furan rings is 1. The molecule has 0 N–H and O–H groups in total. The average Bonchev–Trinajstić information content (AvgIpc) is 2.79. The first-order chi connectivity index (χ1) is 8.99. The Kier molecular flexibility index (Phi) is 4.27. The van der Waals surface area contributed by atoms with Crippen molar-refractivity contribution in [2.45, 2.75) is 6.54 Å². The van der Waals surface area contributed by atoms with Crippen molar-refractivity contribution in [1.29, 1.82) is 0 Å². The molecule has 0 bridgehead atoms. The highest BCUT2D eigenvalue weighted by Crippen LogP contribution is 2.22. The first-order valence-corrected chi connectivity index (χ1v) is 6.60. The van der Waals surface area contributed by atoms with Gasteiger partial charge in [0.05, 0.1) is 6.54 Å². The number of carbonyl (C=O) groups is 1. The summed E-state index contributed by atoms with van der Waals surface area (Å²) in [5.74, 6) is -0.598. The van der Waals surface area contributed by atoms with Crippen molar-refractivity contribution in [1.82, 2.24) is 4.90 Å². The Bertz CT molecular complexity index is 594. The van der Waals surface area contributed by atoms with E-state index in [1.165, 1.54) is 17.0 Å². The van der Waals surface area contributed by atoms with Gasteiger partial charge in [-0.2, -0.15) is 0 Å². The number of rotatable bonds is 3. The summed E-state index contributed by atoms with van der Waals surface area (Å²) in [5, 5.41) is 0.292. The molecule has 1 heterocycles. The van der Waals surface area contributed by atoms with E-state index in [0.717, 1.165) is 0 Å². The van der Waals surface area contributed by atoms with Gasteiger partial charge in [0.15, 0.2) is 10.4 Å². The highest BCUT2D eigenvalue weighted by Gasteiger charge is 2.18. The summed E-state index contributed by atoms with van der Waals surface area (Å²) in [5.41, 5.74) is 0.283. The van der Waals surface area contributed by atoms with E-state index >= 15 is 0 Å². The van der Waals surface area contributed by atoms with Gasteiger partial charge in [0.1, 0.15) is 5.82 Å². The van der Waals surface area contributed by atoms with E-state index in [1.54, 1.807) is 25.2 Å². The predicted octanol–water partition coefficient (Wildman–Crippen LogP) is 4.11. The Morgan fingerprint density at radius 3 is 2.74 bits per heavy atom. The number of hydrogen-bond acceptors (Lipinski definition) is 2. The molecule has 2 rings (SSSR count). The van der Waals surface area contributed by atoms with E-state index in [2.05, 4.69) is 15.9 Å². The second-order valence-corrected chi connectivity index (χ2v) is 5.15. The minimum Gasteiger partial charge on any atom is -0.444 e. The van der Waals surface area contributed by atoms with E-state index < -0.39 is 5.82 Å². The van der Waals surface area contributed by atoms with Crippen LogP contribution in [0.2, 0.25) is 5.02 Å². The van der Waals surface area contributed by atoms with Crippen LogP contribution in [0.25, 0.3) is 0 Å². The molecule has 6 heteroatoms. The monoisotopic (exact) mass is 345 g/mol. The van der Waals surface area contributed by atoms with Gasteiger partial charge in [-0.25, -0.2) is 4.39 Å². The lowest BCUT2D eigenvalue weighted by Crippen LogP contribution is -2.26. The zero-order valence-electron chi connectivity index (χ0n) is 9.99. The Morgan fingerprint density at radius 1 is 1.42 bits per heavy atom. The highest BCUT2D eigenvalue weighted by molar-refractivity contribution is 9.10. The molecule has 1 amide bonds. The second-order valence-electron chi connectivity index (χ2n) is 3.97. The molecule has 3 nitrogen and oxygen atoms in total. The zero-order valence-corrected chi connectivity index (χ0v) is 12.3. The summed E-state index contributed by atoms with van der Waals surface area (Å²) >= 11 is 9.04. The maximum atomic E-state index is 13.6. The first-order valence-electron chi connectivity index (χ1n) is 5.42. The lowest BCUT2D eigenvalue weighted by atomic mass is 10.2. The molecule has 0 atom stereocenters. The molecule has 1 aromatic carbocycles. The largest absolute Gasteiger partial charge is 0.444 e. The predicted molar refractivity (Wildman–Crippen MR) is 73.6 cm³/mol. The van der Waals surface area contributed by atoms with Crippen LogP contribution in [0.4, 0.5) is 4.39 Å². The second kappa shape index (κ2) is 5.75. The van der Waals surface area contributed by atoms with Gasteiger partial charge in [0.25, 0.3) is 5.91 Å². The van der Waals surface area contributed by atoms with Crippen LogP contribution < -0.4 is 0 Å². The molecule has 2 aromatic rings.